The molecule has 0 spiro atoms. The minimum atomic E-state index is -0.472. The van der Waals surface area contributed by atoms with Gasteiger partial charge in [0.2, 0.25) is 0 Å². The first-order chi connectivity index (χ1) is 15.8. The van der Waals surface area contributed by atoms with Gasteiger partial charge in [-0.25, -0.2) is 4.79 Å². The zero-order valence-electron chi connectivity index (χ0n) is 20.4. The van der Waals surface area contributed by atoms with Crippen LogP contribution in [0.1, 0.15) is 62.6 Å². The molecule has 0 radical (unpaired) electrons. The molecule has 1 amide bonds. The van der Waals surface area contributed by atoms with Crippen LogP contribution < -0.4 is 0 Å². The molecule has 4 heteroatoms. The molecule has 0 unspecified atom stereocenters. The van der Waals surface area contributed by atoms with Crippen molar-refractivity contribution in [2.24, 2.45) is 5.41 Å². The van der Waals surface area contributed by atoms with Gasteiger partial charge in [0.05, 0.1) is 0 Å². The van der Waals surface area contributed by atoms with Gasteiger partial charge in [-0.3, -0.25) is 0 Å². The van der Waals surface area contributed by atoms with Gasteiger partial charge in [-0.05, 0) is 69.6 Å². The fourth-order valence-corrected chi connectivity index (χ4v) is 5.47. The summed E-state index contributed by atoms with van der Waals surface area (Å²) < 4.78 is 5.88. The number of fused-ring (bicyclic) bond motifs is 1. The lowest BCUT2D eigenvalue weighted by molar-refractivity contribution is 0.0171. The highest BCUT2D eigenvalue weighted by molar-refractivity contribution is 5.69. The van der Waals surface area contributed by atoms with Crippen LogP contribution in [-0.2, 0) is 17.6 Å². The van der Waals surface area contributed by atoms with E-state index < -0.39 is 5.60 Å². The van der Waals surface area contributed by atoms with Crippen molar-refractivity contribution in [2.45, 2.75) is 70.4 Å². The van der Waals surface area contributed by atoms with Gasteiger partial charge in [0.1, 0.15) is 5.60 Å². The highest BCUT2D eigenvalue weighted by atomic mass is 16.6. The van der Waals surface area contributed by atoms with Crippen LogP contribution in [0.25, 0.3) is 0 Å². The maximum absolute atomic E-state index is 13.3. The molecule has 1 aliphatic heterocycles. The number of carbonyl (C=O) groups is 1. The molecule has 176 valence electrons. The Morgan fingerprint density at radius 3 is 2.18 bits per heavy atom. The summed E-state index contributed by atoms with van der Waals surface area (Å²) in [6.45, 7) is 10.0. The highest BCUT2D eigenvalue weighted by Gasteiger charge is 2.52. The molecule has 2 aromatic rings. The predicted octanol–water partition coefficient (Wildman–Crippen LogP) is 5.66. The first-order valence-electron chi connectivity index (χ1n) is 12.7. The van der Waals surface area contributed by atoms with Crippen molar-refractivity contribution in [1.82, 2.24) is 9.80 Å². The monoisotopic (exact) mass is 446 g/mol. The lowest BCUT2D eigenvalue weighted by atomic mass is 10.0. The SMILES string of the molecule is CC(C)(C)OC(=O)N(CC1(CN2CCc3ccccc3CC2)CC1)[C@H]1C[C@@H]1c1ccccc1. The Bertz CT molecular complexity index is 950. The predicted molar refractivity (Wildman–Crippen MR) is 132 cm³/mol. The molecule has 3 aliphatic rings. The molecule has 0 N–H and O–H groups in total. The maximum atomic E-state index is 13.3. The van der Waals surface area contributed by atoms with Crippen LogP contribution in [-0.4, -0.2) is 53.7 Å². The molecular weight excluding hydrogens is 408 g/mol. The fourth-order valence-electron chi connectivity index (χ4n) is 5.47. The van der Waals surface area contributed by atoms with Gasteiger partial charge in [-0.1, -0.05) is 54.6 Å². The molecule has 0 saturated heterocycles. The van der Waals surface area contributed by atoms with E-state index in [1.807, 2.05) is 20.8 Å². The van der Waals surface area contributed by atoms with Crippen molar-refractivity contribution in [1.29, 1.82) is 0 Å². The van der Waals surface area contributed by atoms with Crippen LogP contribution in [0.4, 0.5) is 4.79 Å². The molecule has 0 aromatic heterocycles. The van der Waals surface area contributed by atoms with Gasteiger partial charge in [0.15, 0.2) is 0 Å². The highest BCUT2D eigenvalue weighted by Crippen LogP contribution is 2.51. The van der Waals surface area contributed by atoms with Gasteiger partial charge < -0.3 is 14.5 Å². The van der Waals surface area contributed by atoms with E-state index in [9.17, 15) is 4.79 Å². The summed E-state index contributed by atoms with van der Waals surface area (Å²) in [5.74, 6) is 0.433. The first-order valence-corrected chi connectivity index (χ1v) is 12.7. The minimum Gasteiger partial charge on any atom is -0.444 e. The van der Waals surface area contributed by atoms with Crippen LogP contribution >= 0.6 is 0 Å². The van der Waals surface area contributed by atoms with Gasteiger partial charge in [-0.2, -0.15) is 0 Å². The number of hydrogen-bond acceptors (Lipinski definition) is 3. The van der Waals surface area contributed by atoms with Crippen molar-refractivity contribution in [3.63, 3.8) is 0 Å². The van der Waals surface area contributed by atoms with Crippen LogP contribution in [0.5, 0.6) is 0 Å². The molecule has 2 saturated carbocycles. The Kier molecular flexibility index (Phi) is 5.98. The van der Waals surface area contributed by atoms with Crippen LogP contribution in [0.3, 0.4) is 0 Å². The number of ether oxygens (including phenoxy) is 1. The van der Waals surface area contributed by atoms with Crippen molar-refractivity contribution in [3.8, 4) is 0 Å². The zero-order chi connectivity index (χ0) is 23.1. The molecule has 1 heterocycles. The van der Waals surface area contributed by atoms with E-state index >= 15 is 0 Å². The molecular formula is C29H38N2O2. The fraction of sp³-hybridized carbons (Fsp3) is 0.552. The Morgan fingerprint density at radius 2 is 1.61 bits per heavy atom. The molecule has 0 bridgehead atoms. The van der Waals surface area contributed by atoms with Crippen molar-refractivity contribution in [2.75, 3.05) is 26.2 Å². The lowest BCUT2D eigenvalue weighted by Crippen LogP contribution is -2.45. The summed E-state index contributed by atoms with van der Waals surface area (Å²) >= 11 is 0. The van der Waals surface area contributed by atoms with Crippen LogP contribution in [0, 0.1) is 5.41 Å². The van der Waals surface area contributed by atoms with Crippen molar-refractivity contribution < 1.29 is 9.53 Å². The second-order valence-corrected chi connectivity index (χ2v) is 11.5. The lowest BCUT2D eigenvalue weighted by Gasteiger charge is -2.33. The molecule has 2 aromatic carbocycles. The Morgan fingerprint density at radius 1 is 1.00 bits per heavy atom. The summed E-state index contributed by atoms with van der Waals surface area (Å²) in [6.07, 6.45) is 5.57. The normalized spacial score (nSPS) is 23.8. The largest absolute Gasteiger partial charge is 0.444 e. The number of nitrogens with zero attached hydrogens (tertiary/aromatic N) is 2. The summed E-state index contributed by atoms with van der Waals surface area (Å²) in [6, 6.07) is 19.8. The topological polar surface area (TPSA) is 32.8 Å². The Labute approximate surface area is 198 Å². The molecule has 5 rings (SSSR count). The van der Waals surface area contributed by atoms with Gasteiger partial charge >= 0.3 is 6.09 Å². The van der Waals surface area contributed by atoms with Gasteiger partial charge in [0.25, 0.3) is 0 Å². The quantitative estimate of drug-likeness (QED) is 0.574. The first kappa shape index (κ1) is 22.5. The number of amides is 1. The molecule has 2 atom stereocenters. The van der Waals surface area contributed by atoms with Crippen molar-refractivity contribution >= 4 is 6.09 Å². The summed E-state index contributed by atoms with van der Waals surface area (Å²) in [4.78, 5) is 18.0. The van der Waals surface area contributed by atoms with Crippen LogP contribution in [0.15, 0.2) is 54.6 Å². The van der Waals surface area contributed by atoms with Crippen LogP contribution in [0.2, 0.25) is 0 Å². The number of rotatable bonds is 6. The second kappa shape index (κ2) is 8.79. The summed E-state index contributed by atoms with van der Waals surface area (Å²) in [5, 5.41) is 0. The summed E-state index contributed by atoms with van der Waals surface area (Å²) in [5.41, 5.74) is 4.09. The van der Waals surface area contributed by atoms with Crippen molar-refractivity contribution in [3.05, 3.63) is 71.3 Å². The maximum Gasteiger partial charge on any atom is 0.410 e. The third-order valence-electron chi connectivity index (χ3n) is 7.55. The average molecular weight is 447 g/mol. The smallest absolute Gasteiger partial charge is 0.410 e. The van der Waals surface area contributed by atoms with E-state index in [2.05, 4.69) is 64.4 Å². The number of carbonyl (C=O) groups excluding carboxylic acids is 1. The van der Waals surface area contributed by atoms with E-state index in [1.165, 1.54) is 29.5 Å². The molecule has 2 aliphatic carbocycles. The number of benzene rings is 2. The summed E-state index contributed by atoms with van der Waals surface area (Å²) in [7, 11) is 0. The van der Waals surface area contributed by atoms with E-state index in [0.29, 0.717) is 5.92 Å². The average Bonchev–Trinajstić information content (AvgIpc) is 3.69. The second-order valence-electron chi connectivity index (χ2n) is 11.5. The van der Waals surface area contributed by atoms with Gasteiger partial charge in [0, 0.05) is 43.6 Å². The third-order valence-corrected chi connectivity index (χ3v) is 7.55. The van der Waals surface area contributed by atoms with E-state index in [4.69, 9.17) is 4.74 Å². The third kappa shape index (κ3) is 5.43. The molecule has 4 nitrogen and oxygen atoms in total. The molecule has 2 fully saturated rings. The minimum absolute atomic E-state index is 0.138. The van der Waals surface area contributed by atoms with E-state index in [0.717, 1.165) is 45.4 Å². The number of hydrogen-bond donors (Lipinski definition) is 0. The molecule has 33 heavy (non-hydrogen) atoms. The Hall–Kier alpha value is -2.33. The standard InChI is InChI=1S/C29H38N2O2/c1-28(2,3)33-27(32)31(26-19-25(26)24-11-5-4-6-12-24)21-29(15-16-29)20-30-17-13-22-9-7-8-10-23(22)14-18-30/h4-12,25-26H,13-21H2,1-3H3/t25-,26+/m1/s1. The zero-order valence-corrected chi connectivity index (χ0v) is 20.4. The van der Waals surface area contributed by atoms with Gasteiger partial charge in [-0.15, -0.1) is 0 Å². The van der Waals surface area contributed by atoms with E-state index in [-0.39, 0.29) is 17.6 Å². The van der Waals surface area contributed by atoms with E-state index in [1.54, 1.807) is 0 Å². The Balaban J connectivity index is 1.27.